The van der Waals surface area contributed by atoms with E-state index in [4.69, 9.17) is 0 Å². The van der Waals surface area contributed by atoms with Gasteiger partial charge in [0.2, 0.25) is 11.8 Å². The van der Waals surface area contributed by atoms with Crippen molar-refractivity contribution < 1.29 is 9.59 Å². The second-order valence-corrected chi connectivity index (χ2v) is 9.93. The van der Waals surface area contributed by atoms with Gasteiger partial charge in [-0.2, -0.15) is 0 Å². The Morgan fingerprint density at radius 2 is 1.61 bits per heavy atom. The molecule has 0 saturated heterocycles. The zero-order valence-corrected chi connectivity index (χ0v) is 22.1. The molecule has 0 unspecified atom stereocenters. The average molecular weight is 513 g/mol. The summed E-state index contributed by atoms with van der Waals surface area (Å²) in [5, 5.41) is 6.09. The summed E-state index contributed by atoms with van der Waals surface area (Å²) in [7, 11) is 0. The van der Waals surface area contributed by atoms with Gasteiger partial charge < -0.3 is 10.6 Å². The monoisotopic (exact) mass is 512 g/mol. The van der Waals surface area contributed by atoms with Gasteiger partial charge in [0.1, 0.15) is 6.54 Å². The van der Waals surface area contributed by atoms with Gasteiger partial charge in [0.25, 0.3) is 5.56 Å². The highest BCUT2D eigenvalue weighted by atomic mass is 16.2. The highest BCUT2D eigenvalue weighted by Gasteiger charge is 2.17. The molecule has 4 rings (SSSR count). The molecular formula is C30H32N4O4. The van der Waals surface area contributed by atoms with E-state index in [0.717, 1.165) is 21.3 Å². The van der Waals surface area contributed by atoms with Gasteiger partial charge in [-0.1, -0.05) is 50.2 Å². The molecule has 0 bridgehead atoms. The Balaban J connectivity index is 1.68. The van der Waals surface area contributed by atoms with E-state index in [-0.39, 0.29) is 24.8 Å². The molecule has 1 heterocycles. The Morgan fingerprint density at radius 1 is 0.895 bits per heavy atom. The van der Waals surface area contributed by atoms with E-state index < -0.39 is 11.2 Å². The number of carbonyl (C=O) groups is 2. The number of nitrogens with one attached hydrogen (secondary N) is 2. The smallest absolute Gasteiger partial charge is 0.336 e. The maximum absolute atomic E-state index is 13.6. The Kier molecular flexibility index (Phi) is 7.90. The first kappa shape index (κ1) is 26.6. The Bertz CT molecular complexity index is 1610. The molecule has 0 aliphatic heterocycles. The van der Waals surface area contributed by atoms with E-state index in [2.05, 4.69) is 10.6 Å². The van der Waals surface area contributed by atoms with Gasteiger partial charge in [-0.05, 0) is 66.8 Å². The molecule has 3 aromatic carbocycles. The SMILES string of the molecule is Cc1ccc(C)c(NC(=O)Cn2c(=O)n(-c3ccc(CC(=O)NCC(C)C)cc3)c(=O)c3ccccc32)c1. The van der Waals surface area contributed by atoms with Crippen molar-refractivity contribution in [2.45, 2.75) is 40.7 Å². The van der Waals surface area contributed by atoms with Gasteiger partial charge in [-0.25, -0.2) is 9.36 Å². The molecule has 0 atom stereocenters. The van der Waals surface area contributed by atoms with Crippen LogP contribution in [-0.2, 0) is 22.6 Å². The van der Waals surface area contributed by atoms with Gasteiger partial charge in [0, 0.05) is 12.2 Å². The molecule has 38 heavy (non-hydrogen) atoms. The van der Waals surface area contributed by atoms with Crippen molar-refractivity contribution in [1.82, 2.24) is 14.5 Å². The highest BCUT2D eigenvalue weighted by molar-refractivity contribution is 5.92. The third kappa shape index (κ3) is 5.91. The standard InChI is InChI=1S/C30H32N4O4/c1-19(2)17-31-27(35)16-22-11-13-23(14-12-22)34-29(37)24-7-5-6-8-26(24)33(30(34)38)18-28(36)32-25-15-20(3)9-10-21(25)4/h5-15,19H,16-18H2,1-4H3,(H,31,35)(H,32,36). The number of carbonyl (C=O) groups excluding carboxylic acids is 2. The van der Waals surface area contributed by atoms with Crippen LogP contribution in [0.15, 0.2) is 76.3 Å². The van der Waals surface area contributed by atoms with Crippen LogP contribution >= 0.6 is 0 Å². The number of benzene rings is 3. The minimum Gasteiger partial charge on any atom is -0.356 e. The third-order valence-electron chi connectivity index (χ3n) is 6.29. The lowest BCUT2D eigenvalue weighted by atomic mass is 10.1. The van der Waals surface area contributed by atoms with Gasteiger partial charge in [-0.3, -0.25) is 19.0 Å². The molecule has 0 saturated carbocycles. The minimum atomic E-state index is -0.618. The number of nitrogens with zero attached hydrogens (tertiary/aromatic N) is 2. The topological polar surface area (TPSA) is 102 Å². The van der Waals surface area contributed by atoms with Crippen molar-refractivity contribution in [1.29, 1.82) is 0 Å². The van der Waals surface area contributed by atoms with E-state index in [1.807, 2.05) is 45.9 Å². The second kappa shape index (κ2) is 11.3. The molecule has 0 aliphatic carbocycles. The van der Waals surface area contributed by atoms with Crippen molar-refractivity contribution >= 4 is 28.4 Å². The van der Waals surface area contributed by atoms with Gasteiger partial charge in [0.05, 0.1) is 23.0 Å². The lowest BCUT2D eigenvalue weighted by molar-refractivity contribution is -0.120. The van der Waals surface area contributed by atoms with Crippen LogP contribution in [0.5, 0.6) is 0 Å². The van der Waals surface area contributed by atoms with Crippen LogP contribution in [0.4, 0.5) is 5.69 Å². The summed E-state index contributed by atoms with van der Waals surface area (Å²) in [5.74, 6) is -0.114. The van der Waals surface area contributed by atoms with Crippen LogP contribution in [-0.4, -0.2) is 27.5 Å². The van der Waals surface area contributed by atoms with Crippen LogP contribution in [0.2, 0.25) is 0 Å². The summed E-state index contributed by atoms with van der Waals surface area (Å²) in [5.41, 5.74) is 3.00. The number of anilines is 1. The summed E-state index contributed by atoms with van der Waals surface area (Å²) in [4.78, 5) is 52.2. The molecular weight excluding hydrogens is 480 g/mol. The summed E-state index contributed by atoms with van der Waals surface area (Å²) >= 11 is 0. The van der Waals surface area contributed by atoms with Crippen LogP contribution < -0.4 is 21.9 Å². The maximum atomic E-state index is 13.6. The van der Waals surface area contributed by atoms with Gasteiger partial charge in [0.15, 0.2) is 0 Å². The fraction of sp³-hybridized carbons (Fsp3) is 0.267. The molecule has 196 valence electrons. The molecule has 0 aliphatic rings. The molecule has 4 aromatic rings. The second-order valence-electron chi connectivity index (χ2n) is 9.93. The number of hydrogen-bond acceptors (Lipinski definition) is 4. The summed E-state index contributed by atoms with van der Waals surface area (Å²) in [6.45, 7) is 8.22. The Hall–Kier alpha value is -4.46. The molecule has 0 fully saturated rings. The lowest BCUT2D eigenvalue weighted by Crippen LogP contribution is -2.40. The van der Waals surface area contributed by atoms with Crippen molar-refractivity contribution in [3.05, 3.63) is 104 Å². The first-order valence-electron chi connectivity index (χ1n) is 12.6. The molecule has 8 heteroatoms. The van der Waals surface area contributed by atoms with Crippen LogP contribution in [0, 0.1) is 19.8 Å². The lowest BCUT2D eigenvalue weighted by Gasteiger charge is -2.15. The molecule has 2 N–H and O–H groups in total. The van der Waals surface area contributed by atoms with E-state index in [9.17, 15) is 19.2 Å². The summed E-state index contributed by atoms with van der Waals surface area (Å²) in [6, 6.07) is 19.2. The number of aromatic nitrogens is 2. The zero-order chi connectivity index (χ0) is 27.4. The number of rotatable bonds is 8. The van der Waals surface area contributed by atoms with E-state index in [1.54, 1.807) is 48.5 Å². The first-order chi connectivity index (χ1) is 18.1. The largest absolute Gasteiger partial charge is 0.356 e. The fourth-order valence-electron chi connectivity index (χ4n) is 4.23. The van der Waals surface area contributed by atoms with Crippen molar-refractivity contribution in [2.24, 2.45) is 5.92 Å². The van der Waals surface area contributed by atoms with Crippen LogP contribution in [0.3, 0.4) is 0 Å². The van der Waals surface area contributed by atoms with E-state index in [0.29, 0.717) is 34.7 Å². The number of aryl methyl sites for hydroxylation is 2. The number of hydrogen-bond donors (Lipinski definition) is 2. The minimum absolute atomic E-state index is 0.0912. The van der Waals surface area contributed by atoms with Crippen LogP contribution in [0.1, 0.15) is 30.5 Å². The maximum Gasteiger partial charge on any atom is 0.336 e. The predicted octanol–water partition coefficient (Wildman–Crippen LogP) is 3.72. The normalized spacial score (nSPS) is 11.1. The van der Waals surface area contributed by atoms with Crippen molar-refractivity contribution in [3.63, 3.8) is 0 Å². The van der Waals surface area contributed by atoms with Crippen molar-refractivity contribution in [2.75, 3.05) is 11.9 Å². The number of fused-ring (bicyclic) bond motifs is 1. The Labute approximate surface area is 220 Å². The molecule has 2 amide bonds. The zero-order valence-electron chi connectivity index (χ0n) is 22.1. The third-order valence-corrected chi connectivity index (χ3v) is 6.29. The molecule has 1 aromatic heterocycles. The number of amides is 2. The van der Waals surface area contributed by atoms with Gasteiger partial charge >= 0.3 is 5.69 Å². The Morgan fingerprint density at radius 3 is 2.32 bits per heavy atom. The fourth-order valence-corrected chi connectivity index (χ4v) is 4.23. The average Bonchev–Trinajstić information content (AvgIpc) is 2.88. The van der Waals surface area contributed by atoms with Crippen molar-refractivity contribution in [3.8, 4) is 5.69 Å². The summed E-state index contributed by atoms with van der Waals surface area (Å²) in [6.07, 6.45) is 0.197. The summed E-state index contributed by atoms with van der Waals surface area (Å²) < 4.78 is 2.38. The predicted molar refractivity (Wildman–Crippen MR) is 150 cm³/mol. The van der Waals surface area contributed by atoms with E-state index in [1.165, 1.54) is 4.57 Å². The quantitative estimate of drug-likeness (QED) is 0.376. The number of para-hydroxylation sites is 1. The van der Waals surface area contributed by atoms with E-state index >= 15 is 0 Å². The molecule has 0 spiro atoms. The molecule has 8 nitrogen and oxygen atoms in total. The highest BCUT2D eigenvalue weighted by Crippen LogP contribution is 2.17. The first-order valence-corrected chi connectivity index (χ1v) is 12.6. The van der Waals surface area contributed by atoms with Gasteiger partial charge in [-0.15, -0.1) is 0 Å². The molecule has 0 radical (unpaired) electrons. The van der Waals surface area contributed by atoms with Crippen LogP contribution in [0.25, 0.3) is 16.6 Å².